The molecule has 1 fully saturated rings. The van der Waals surface area contributed by atoms with Gasteiger partial charge >= 0.3 is 11.9 Å². The van der Waals surface area contributed by atoms with E-state index >= 15 is 0 Å². The Kier molecular flexibility index (Phi) is 34.6. The second-order valence-electron chi connectivity index (χ2n) is 15.1. The second kappa shape index (κ2) is 37.7. The molecule has 6 atom stereocenters. The van der Waals surface area contributed by atoms with Crippen LogP contribution < -0.4 is 0 Å². The largest absolute Gasteiger partial charge is 0.462 e. The predicted octanol–water partition coefficient (Wildman–Crippen LogP) is 9.44. The van der Waals surface area contributed by atoms with Crippen LogP contribution in [0.2, 0.25) is 0 Å². The summed E-state index contributed by atoms with van der Waals surface area (Å²) in [6.07, 6.45) is 38.0. The molecule has 1 aliphatic heterocycles. The predicted molar refractivity (Wildman–Crippen MR) is 228 cm³/mol. The van der Waals surface area contributed by atoms with Crippen molar-refractivity contribution >= 4 is 11.9 Å². The molecular formula is C47H80O10. The Morgan fingerprint density at radius 1 is 0.544 bits per heavy atom. The maximum Gasteiger partial charge on any atom is 0.306 e. The van der Waals surface area contributed by atoms with Gasteiger partial charge in [0.2, 0.25) is 0 Å². The summed E-state index contributed by atoms with van der Waals surface area (Å²) >= 11 is 0. The van der Waals surface area contributed by atoms with Crippen molar-refractivity contribution in [2.75, 3.05) is 19.8 Å². The number of unbranched alkanes of at least 4 members (excludes halogenated alkanes) is 15. The van der Waals surface area contributed by atoms with Crippen molar-refractivity contribution in [3.63, 3.8) is 0 Å². The van der Waals surface area contributed by atoms with Crippen LogP contribution in [0.1, 0.15) is 168 Å². The first kappa shape index (κ1) is 52.4. The van der Waals surface area contributed by atoms with Crippen molar-refractivity contribution in [1.82, 2.24) is 0 Å². The lowest BCUT2D eigenvalue weighted by Crippen LogP contribution is -2.59. The molecule has 0 amide bonds. The number of carbonyl (C=O) groups is 2. The monoisotopic (exact) mass is 805 g/mol. The number of aliphatic hydroxyl groups excluding tert-OH is 4. The topological polar surface area (TPSA) is 152 Å². The van der Waals surface area contributed by atoms with Crippen molar-refractivity contribution in [2.45, 2.75) is 205 Å². The molecule has 10 heteroatoms. The Hall–Kier alpha value is -2.60. The highest BCUT2D eigenvalue weighted by atomic mass is 16.7. The van der Waals surface area contributed by atoms with Crippen LogP contribution in [0.5, 0.6) is 0 Å². The molecule has 1 heterocycles. The molecule has 0 aliphatic carbocycles. The molecule has 0 saturated carbocycles. The maximum atomic E-state index is 12.7. The minimum Gasteiger partial charge on any atom is -0.462 e. The summed E-state index contributed by atoms with van der Waals surface area (Å²) in [4.78, 5) is 25.3. The summed E-state index contributed by atoms with van der Waals surface area (Å²) < 4.78 is 22.1. The van der Waals surface area contributed by atoms with Gasteiger partial charge in [-0.05, 0) is 77.0 Å². The van der Waals surface area contributed by atoms with Crippen LogP contribution in [0, 0.1) is 0 Å². The first-order valence-electron chi connectivity index (χ1n) is 22.4. The van der Waals surface area contributed by atoms with E-state index in [0.29, 0.717) is 19.3 Å². The van der Waals surface area contributed by atoms with Crippen LogP contribution >= 0.6 is 0 Å². The van der Waals surface area contributed by atoms with Crippen molar-refractivity contribution in [2.24, 2.45) is 0 Å². The van der Waals surface area contributed by atoms with Crippen LogP contribution in [0.4, 0.5) is 0 Å². The van der Waals surface area contributed by atoms with Gasteiger partial charge in [-0.1, -0.05) is 139 Å². The third kappa shape index (κ3) is 29.3. The van der Waals surface area contributed by atoms with E-state index in [2.05, 4.69) is 68.5 Å². The summed E-state index contributed by atoms with van der Waals surface area (Å²) in [5.74, 6) is -0.888. The Bertz CT molecular complexity index is 1110. The third-order valence-electron chi connectivity index (χ3n) is 9.88. The fraction of sp³-hybridized carbons (Fsp3) is 0.745. The van der Waals surface area contributed by atoms with E-state index in [1.54, 1.807) is 0 Å². The molecule has 1 saturated heterocycles. The Balaban J connectivity index is 2.40. The fourth-order valence-corrected chi connectivity index (χ4v) is 6.29. The molecule has 4 N–H and O–H groups in total. The van der Waals surface area contributed by atoms with E-state index in [-0.39, 0.29) is 26.1 Å². The second-order valence-corrected chi connectivity index (χ2v) is 15.1. The van der Waals surface area contributed by atoms with Crippen LogP contribution in [0.15, 0.2) is 60.8 Å². The van der Waals surface area contributed by atoms with Crippen molar-refractivity contribution in [3.05, 3.63) is 60.8 Å². The smallest absolute Gasteiger partial charge is 0.306 e. The molecule has 0 aromatic carbocycles. The highest BCUT2D eigenvalue weighted by Crippen LogP contribution is 2.22. The van der Waals surface area contributed by atoms with Gasteiger partial charge in [0.05, 0.1) is 13.2 Å². The molecule has 0 bridgehead atoms. The van der Waals surface area contributed by atoms with Crippen molar-refractivity contribution in [1.29, 1.82) is 0 Å². The van der Waals surface area contributed by atoms with Gasteiger partial charge in [-0.2, -0.15) is 0 Å². The van der Waals surface area contributed by atoms with Crippen molar-refractivity contribution < 1.29 is 49.0 Å². The average molecular weight is 805 g/mol. The van der Waals surface area contributed by atoms with Gasteiger partial charge in [-0.3, -0.25) is 9.59 Å². The zero-order valence-corrected chi connectivity index (χ0v) is 35.6. The van der Waals surface area contributed by atoms with Gasteiger partial charge in [0.25, 0.3) is 0 Å². The number of carbonyl (C=O) groups excluding carboxylic acids is 2. The molecule has 10 nitrogen and oxygen atoms in total. The Labute approximate surface area is 345 Å². The van der Waals surface area contributed by atoms with Crippen LogP contribution in [0.25, 0.3) is 0 Å². The van der Waals surface area contributed by atoms with Gasteiger partial charge in [0, 0.05) is 12.8 Å². The Morgan fingerprint density at radius 2 is 1.00 bits per heavy atom. The molecule has 0 aromatic rings. The number of allylic oxidation sites excluding steroid dienone is 10. The van der Waals surface area contributed by atoms with E-state index in [0.717, 1.165) is 57.8 Å². The maximum absolute atomic E-state index is 12.7. The first-order valence-corrected chi connectivity index (χ1v) is 22.4. The lowest BCUT2D eigenvalue weighted by molar-refractivity contribution is -0.305. The summed E-state index contributed by atoms with van der Waals surface area (Å²) in [5.41, 5.74) is 0. The van der Waals surface area contributed by atoms with Gasteiger partial charge in [-0.25, -0.2) is 0 Å². The van der Waals surface area contributed by atoms with Crippen LogP contribution in [0.3, 0.4) is 0 Å². The van der Waals surface area contributed by atoms with Crippen LogP contribution in [-0.4, -0.2) is 89.0 Å². The van der Waals surface area contributed by atoms with E-state index in [1.165, 1.54) is 64.2 Å². The number of ether oxygens (including phenoxy) is 4. The number of esters is 2. The molecular weight excluding hydrogens is 725 g/mol. The lowest BCUT2D eigenvalue weighted by atomic mass is 9.99. The number of hydrogen-bond donors (Lipinski definition) is 4. The standard InChI is InChI=1S/C47H80O10/c1-3-5-7-9-11-13-15-17-19-20-22-24-26-28-30-32-34-36-43(50)56-40(39-55-47-46(53)45(52)44(51)41(37-48)57-47)38-54-42(49)35-33-31-29-27-25-23-21-18-16-14-12-10-8-6-4-2/h12,14,17-19,21-22,24,28,30,40-41,44-48,51-53H,3-11,13,15-16,20,23,25-27,29,31-39H2,1-2H3/b14-12+,19-17+,21-18+,24-22+,30-28+/t40-,41-,44+,45?,46?,47-/m1/s1. The zero-order valence-electron chi connectivity index (χ0n) is 35.6. The Morgan fingerprint density at radius 3 is 1.56 bits per heavy atom. The van der Waals surface area contributed by atoms with Gasteiger partial charge in [0.15, 0.2) is 12.4 Å². The molecule has 0 spiro atoms. The van der Waals surface area contributed by atoms with E-state index in [9.17, 15) is 30.0 Å². The average Bonchev–Trinajstić information content (AvgIpc) is 3.21. The number of rotatable bonds is 36. The molecule has 1 aliphatic rings. The molecule has 0 aromatic heterocycles. The normalized spacial score (nSPS) is 20.8. The van der Waals surface area contributed by atoms with E-state index in [1.807, 2.05) is 6.08 Å². The van der Waals surface area contributed by atoms with Crippen LogP contribution in [-0.2, 0) is 28.5 Å². The molecule has 1 rings (SSSR count). The SMILES string of the molecule is CCCCC/C=C/C/C=C/CCCCCCCC(=O)OC[C@H](CO[C@@H]1O[C@H](CO)[C@H](O)C(O)C1O)OC(=O)CCC/C=C/C/C=C/C/C=C/CCCCCCCC. The van der Waals surface area contributed by atoms with Gasteiger partial charge in [-0.15, -0.1) is 0 Å². The molecule has 0 radical (unpaired) electrons. The van der Waals surface area contributed by atoms with Gasteiger partial charge < -0.3 is 39.4 Å². The summed E-state index contributed by atoms with van der Waals surface area (Å²) in [7, 11) is 0. The number of aliphatic hydroxyl groups is 4. The zero-order chi connectivity index (χ0) is 41.6. The highest BCUT2D eigenvalue weighted by molar-refractivity contribution is 5.70. The fourth-order valence-electron chi connectivity index (χ4n) is 6.29. The molecule has 57 heavy (non-hydrogen) atoms. The summed E-state index contributed by atoms with van der Waals surface area (Å²) in [5, 5.41) is 40.0. The first-order chi connectivity index (χ1) is 27.8. The summed E-state index contributed by atoms with van der Waals surface area (Å²) in [6, 6.07) is 0. The van der Waals surface area contributed by atoms with Gasteiger partial charge in [0.1, 0.15) is 31.0 Å². The molecule has 2 unspecified atom stereocenters. The third-order valence-corrected chi connectivity index (χ3v) is 9.88. The minimum atomic E-state index is -1.61. The highest BCUT2D eigenvalue weighted by Gasteiger charge is 2.44. The lowest BCUT2D eigenvalue weighted by Gasteiger charge is -2.39. The quantitative estimate of drug-likeness (QED) is 0.0274. The summed E-state index contributed by atoms with van der Waals surface area (Å²) in [6.45, 7) is 3.31. The van der Waals surface area contributed by atoms with E-state index in [4.69, 9.17) is 18.9 Å². The van der Waals surface area contributed by atoms with E-state index < -0.39 is 55.4 Å². The number of hydrogen-bond acceptors (Lipinski definition) is 10. The minimum absolute atomic E-state index is 0.153. The molecule has 328 valence electrons. The van der Waals surface area contributed by atoms with Crippen molar-refractivity contribution in [3.8, 4) is 0 Å².